The Bertz CT molecular complexity index is 331. The Kier molecular flexibility index (Phi) is 17.9. The summed E-state index contributed by atoms with van der Waals surface area (Å²) in [5.41, 5.74) is 0. The van der Waals surface area contributed by atoms with E-state index in [-0.39, 0.29) is 23.8 Å². The smallest absolute Gasteiger partial charge is 0.316 e. The van der Waals surface area contributed by atoms with E-state index >= 15 is 0 Å². The van der Waals surface area contributed by atoms with Gasteiger partial charge in [0.2, 0.25) is 0 Å². The van der Waals surface area contributed by atoms with Gasteiger partial charge in [0.1, 0.15) is 0 Å². The number of unbranched alkanes of at least 4 members (excludes halogenated alkanes) is 8. The van der Waals surface area contributed by atoms with Crippen molar-refractivity contribution >= 4 is 11.9 Å². The highest BCUT2D eigenvalue weighted by Crippen LogP contribution is 2.22. The molecule has 0 aromatic rings. The van der Waals surface area contributed by atoms with Gasteiger partial charge in [-0.05, 0) is 25.7 Å². The zero-order valence-electron chi connectivity index (χ0n) is 18.7. The topological polar surface area (TPSA) is 43.4 Å². The molecule has 0 heterocycles. The van der Waals surface area contributed by atoms with E-state index in [4.69, 9.17) is 4.74 Å². The van der Waals surface area contributed by atoms with Crippen LogP contribution in [0.3, 0.4) is 0 Å². The summed E-state index contributed by atoms with van der Waals surface area (Å²) in [6.07, 6.45) is 17.2. The molecular formula is C24H46O3. The van der Waals surface area contributed by atoms with Crippen molar-refractivity contribution in [2.45, 2.75) is 130 Å². The van der Waals surface area contributed by atoms with Gasteiger partial charge in [0.05, 0.1) is 11.8 Å². The van der Waals surface area contributed by atoms with Crippen LogP contribution in [-0.2, 0) is 14.3 Å². The molecule has 0 rings (SSSR count). The minimum atomic E-state index is -0.274. The molecule has 0 spiro atoms. The van der Waals surface area contributed by atoms with E-state index in [1.807, 2.05) is 0 Å². The van der Waals surface area contributed by atoms with Gasteiger partial charge in [-0.1, -0.05) is 105 Å². The second-order valence-corrected chi connectivity index (χ2v) is 8.12. The molecule has 0 amide bonds. The van der Waals surface area contributed by atoms with Gasteiger partial charge in [-0.25, -0.2) is 0 Å². The molecule has 0 aliphatic carbocycles. The Balaban J connectivity index is 4.41. The summed E-state index contributed by atoms with van der Waals surface area (Å²) in [4.78, 5) is 25.1. The van der Waals surface area contributed by atoms with Crippen LogP contribution in [0, 0.1) is 11.8 Å². The second-order valence-electron chi connectivity index (χ2n) is 8.12. The number of hydrogen-bond donors (Lipinski definition) is 0. The van der Waals surface area contributed by atoms with Crippen LogP contribution in [0.25, 0.3) is 0 Å². The van der Waals surface area contributed by atoms with Gasteiger partial charge in [-0.15, -0.1) is 0 Å². The summed E-state index contributed by atoms with van der Waals surface area (Å²) >= 11 is 0. The Morgan fingerprint density at radius 2 is 0.889 bits per heavy atom. The zero-order chi connectivity index (χ0) is 20.3. The van der Waals surface area contributed by atoms with Crippen LogP contribution >= 0.6 is 0 Å². The van der Waals surface area contributed by atoms with Crippen LogP contribution in [0.2, 0.25) is 0 Å². The maximum Gasteiger partial charge on any atom is 0.316 e. The average Bonchev–Trinajstić information content (AvgIpc) is 2.65. The number of carbonyl (C=O) groups excluding carboxylic acids is 2. The molecule has 3 heteroatoms. The quantitative estimate of drug-likeness (QED) is 0.139. The number of esters is 2. The lowest BCUT2D eigenvalue weighted by atomic mass is 9.95. The molecule has 0 N–H and O–H groups in total. The SMILES string of the molecule is CCCCCCCC(CCC)C(=O)OC(=O)C(CCC)CCCCCCC. The highest BCUT2D eigenvalue weighted by Gasteiger charge is 2.26. The minimum Gasteiger partial charge on any atom is -0.393 e. The van der Waals surface area contributed by atoms with Gasteiger partial charge in [0, 0.05) is 0 Å². The molecule has 0 aliphatic heterocycles. The molecule has 0 aromatic carbocycles. The molecule has 0 fully saturated rings. The summed E-state index contributed by atoms with van der Waals surface area (Å²) in [7, 11) is 0. The van der Waals surface area contributed by atoms with Crippen molar-refractivity contribution in [3.63, 3.8) is 0 Å². The minimum absolute atomic E-state index is 0.104. The third kappa shape index (κ3) is 13.9. The van der Waals surface area contributed by atoms with E-state index in [0.717, 1.165) is 51.4 Å². The number of ether oxygens (including phenoxy) is 1. The van der Waals surface area contributed by atoms with Crippen molar-refractivity contribution in [2.24, 2.45) is 11.8 Å². The molecule has 0 bridgehead atoms. The Morgan fingerprint density at radius 1 is 0.519 bits per heavy atom. The molecule has 27 heavy (non-hydrogen) atoms. The first-order valence-corrected chi connectivity index (χ1v) is 11.9. The predicted octanol–water partition coefficient (Wildman–Crippen LogP) is 7.61. The first-order valence-electron chi connectivity index (χ1n) is 11.9. The van der Waals surface area contributed by atoms with E-state index in [1.54, 1.807) is 0 Å². The summed E-state index contributed by atoms with van der Waals surface area (Å²) in [6, 6.07) is 0. The zero-order valence-corrected chi connectivity index (χ0v) is 18.7. The first-order chi connectivity index (χ1) is 13.1. The number of hydrogen-bond acceptors (Lipinski definition) is 3. The molecule has 0 saturated carbocycles. The molecular weight excluding hydrogens is 336 g/mol. The van der Waals surface area contributed by atoms with Gasteiger partial charge in [-0.3, -0.25) is 9.59 Å². The lowest BCUT2D eigenvalue weighted by Gasteiger charge is -2.18. The number of carbonyl (C=O) groups is 2. The highest BCUT2D eigenvalue weighted by atomic mass is 16.6. The van der Waals surface area contributed by atoms with Crippen molar-refractivity contribution in [1.82, 2.24) is 0 Å². The second kappa shape index (κ2) is 18.5. The normalized spacial score (nSPS) is 13.3. The van der Waals surface area contributed by atoms with E-state index in [2.05, 4.69) is 27.7 Å². The summed E-state index contributed by atoms with van der Waals surface area (Å²) in [6.45, 7) is 8.60. The van der Waals surface area contributed by atoms with E-state index in [0.29, 0.717) is 0 Å². The molecule has 2 atom stereocenters. The van der Waals surface area contributed by atoms with Crippen molar-refractivity contribution < 1.29 is 14.3 Å². The first kappa shape index (κ1) is 26.1. The highest BCUT2D eigenvalue weighted by molar-refractivity contribution is 5.87. The van der Waals surface area contributed by atoms with Gasteiger partial charge in [0.15, 0.2) is 0 Å². The molecule has 0 saturated heterocycles. The number of rotatable bonds is 18. The average molecular weight is 383 g/mol. The largest absolute Gasteiger partial charge is 0.393 e. The van der Waals surface area contributed by atoms with Crippen molar-refractivity contribution in [2.75, 3.05) is 0 Å². The van der Waals surface area contributed by atoms with Crippen LogP contribution in [0.1, 0.15) is 130 Å². The maximum absolute atomic E-state index is 12.5. The van der Waals surface area contributed by atoms with Crippen LogP contribution in [0.4, 0.5) is 0 Å². The fourth-order valence-electron chi connectivity index (χ4n) is 3.71. The van der Waals surface area contributed by atoms with E-state index < -0.39 is 0 Å². The van der Waals surface area contributed by atoms with Crippen LogP contribution in [0.5, 0.6) is 0 Å². The summed E-state index contributed by atoms with van der Waals surface area (Å²) < 4.78 is 5.36. The molecule has 2 unspecified atom stereocenters. The summed E-state index contributed by atoms with van der Waals surface area (Å²) in [5, 5.41) is 0. The standard InChI is InChI=1S/C24H46O3/c1-5-9-11-13-15-19-21(17-7-3)23(25)27-24(26)22(18-8-4)20-16-14-12-10-6-2/h21-22H,5-20H2,1-4H3. The van der Waals surface area contributed by atoms with E-state index in [9.17, 15) is 9.59 Å². The van der Waals surface area contributed by atoms with E-state index in [1.165, 1.54) is 51.4 Å². The molecule has 0 aromatic heterocycles. The van der Waals surface area contributed by atoms with Crippen LogP contribution in [0.15, 0.2) is 0 Å². The van der Waals surface area contributed by atoms with Crippen LogP contribution in [-0.4, -0.2) is 11.9 Å². The molecule has 0 aliphatic rings. The third-order valence-electron chi connectivity index (χ3n) is 5.45. The Labute approximate surface area is 169 Å². The van der Waals surface area contributed by atoms with Gasteiger partial charge in [-0.2, -0.15) is 0 Å². The van der Waals surface area contributed by atoms with Crippen molar-refractivity contribution in [3.05, 3.63) is 0 Å². The predicted molar refractivity (Wildman–Crippen MR) is 115 cm³/mol. The molecule has 3 nitrogen and oxygen atoms in total. The summed E-state index contributed by atoms with van der Waals surface area (Å²) in [5.74, 6) is -0.756. The lowest BCUT2D eigenvalue weighted by Crippen LogP contribution is -2.26. The van der Waals surface area contributed by atoms with Gasteiger partial charge >= 0.3 is 11.9 Å². The van der Waals surface area contributed by atoms with Crippen molar-refractivity contribution in [3.8, 4) is 0 Å². The Morgan fingerprint density at radius 3 is 1.22 bits per heavy atom. The van der Waals surface area contributed by atoms with Crippen molar-refractivity contribution in [1.29, 1.82) is 0 Å². The lowest BCUT2D eigenvalue weighted by molar-refractivity contribution is -0.166. The fourth-order valence-corrected chi connectivity index (χ4v) is 3.71. The van der Waals surface area contributed by atoms with Crippen LogP contribution < -0.4 is 0 Å². The Hall–Kier alpha value is -0.860. The van der Waals surface area contributed by atoms with Gasteiger partial charge in [0.25, 0.3) is 0 Å². The fraction of sp³-hybridized carbons (Fsp3) is 0.917. The molecule has 0 radical (unpaired) electrons. The molecule has 160 valence electrons. The third-order valence-corrected chi connectivity index (χ3v) is 5.45. The maximum atomic E-state index is 12.5. The monoisotopic (exact) mass is 382 g/mol. The van der Waals surface area contributed by atoms with Gasteiger partial charge < -0.3 is 4.74 Å².